The van der Waals surface area contributed by atoms with E-state index in [1.807, 2.05) is 24.3 Å². The quantitative estimate of drug-likeness (QED) is 0.782. The first-order chi connectivity index (χ1) is 11.3. The first-order valence-corrected chi connectivity index (χ1v) is 9.58. The van der Waals surface area contributed by atoms with Crippen molar-refractivity contribution >= 4 is 31.9 Å². The van der Waals surface area contributed by atoms with Gasteiger partial charge < -0.3 is 5.11 Å². The Labute approximate surface area is 147 Å². The second-order valence-electron chi connectivity index (χ2n) is 5.83. The molecule has 0 bridgehead atoms. The van der Waals surface area contributed by atoms with Crippen molar-refractivity contribution in [2.75, 3.05) is 0 Å². The Morgan fingerprint density at radius 2 is 1.96 bits per heavy atom. The molecule has 24 heavy (non-hydrogen) atoms. The minimum absolute atomic E-state index is 0.319. The highest BCUT2D eigenvalue weighted by Gasteiger charge is 2.43. The van der Waals surface area contributed by atoms with Crippen LogP contribution in [0.3, 0.4) is 0 Å². The molecule has 0 saturated heterocycles. The third-order valence-electron chi connectivity index (χ3n) is 4.33. The van der Waals surface area contributed by atoms with Gasteiger partial charge in [0.1, 0.15) is 4.90 Å². The zero-order chi connectivity index (χ0) is 17.5. The number of aromatic nitrogens is 2. The van der Waals surface area contributed by atoms with Crippen LogP contribution in [-0.2, 0) is 22.6 Å². The summed E-state index contributed by atoms with van der Waals surface area (Å²) in [6.45, 7) is 0. The minimum Gasteiger partial charge on any atom is -0.476 e. The van der Waals surface area contributed by atoms with Gasteiger partial charge in [-0.25, -0.2) is 17.9 Å². The molecular weight excluding hydrogens is 398 g/mol. The highest BCUT2D eigenvalue weighted by Crippen LogP contribution is 2.42. The molecule has 0 amide bonds. The average molecular weight is 414 g/mol. The molecule has 2 N–H and O–H groups in total. The van der Waals surface area contributed by atoms with Gasteiger partial charge >= 0.3 is 5.97 Å². The number of carbonyl (C=O) groups is 1. The predicted octanol–water partition coefficient (Wildman–Crippen LogP) is 2.24. The van der Waals surface area contributed by atoms with E-state index >= 15 is 0 Å². The van der Waals surface area contributed by atoms with Gasteiger partial charge in [0.15, 0.2) is 5.69 Å². The summed E-state index contributed by atoms with van der Waals surface area (Å²) in [5.74, 6) is -1.33. The molecular formula is C15H16BrN3O4S. The molecule has 1 aliphatic carbocycles. The Morgan fingerprint density at radius 1 is 1.33 bits per heavy atom. The van der Waals surface area contributed by atoms with E-state index in [4.69, 9.17) is 0 Å². The van der Waals surface area contributed by atoms with Crippen LogP contribution >= 0.6 is 15.9 Å². The molecule has 2 aromatic rings. The fraction of sp³-hybridized carbons (Fsp3) is 0.333. The average Bonchev–Trinajstić information content (AvgIpc) is 2.87. The molecule has 0 atom stereocenters. The zero-order valence-electron chi connectivity index (χ0n) is 12.9. The highest BCUT2D eigenvalue weighted by atomic mass is 79.9. The molecule has 1 saturated carbocycles. The fourth-order valence-corrected chi connectivity index (χ4v) is 4.79. The molecule has 1 aromatic heterocycles. The van der Waals surface area contributed by atoms with Crippen molar-refractivity contribution in [1.82, 2.24) is 14.5 Å². The molecule has 9 heteroatoms. The second kappa shape index (κ2) is 5.98. The maximum atomic E-state index is 12.8. The van der Waals surface area contributed by atoms with Crippen LogP contribution in [0.25, 0.3) is 0 Å². The van der Waals surface area contributed by atoms with Gasteiger partial charge in [0.2, 0.25) is 10.0 Å². The van der Waals surface area contributed by atoms with E-state index < -0.39 is 21.5 Å². The lowest BCUT2D eigenvalue weighted by molar-refractivity contribution is 0.0680. The van der Waals surface area contributed by atoms with Gasteiger partial charge in [-0.15, -0.1) is 0 Å². The number of carboxylic acids is 1. The van der Waals surface area contributed by atoms with Crippen LogP contribution in [0.5, 0.6) is 0 Å². The number of sulfonamides is 1. The summed E-state index contributed by atoms with van der Waals surface area (Å²) >= 11 is 3.36. The number of nitrogens with one attached hydrogen (secondary N) is 1. The summed E-state index contributed by atoms with van der Waals surface area (Å²) in [6.07, 6.45) is 3.30. The molecule has 0 aliphatic heterocycles. The molecule has 1 heterocycles. The van der Waals surface area contributed by atoms with Crippen LogP contribution in [0.1, 0.15) is 35.3 Å². The Bertz CT molecular complexity index is 886. The van der Waals surface area contributed by atoms with E-state index in [1.54, 1.807) is 0 Å². The van der Waals surface area contributed by atoms with Crippen molar-refractivity contribution in [1.29, 1.82) is 0 Å². The summed E-state index contributed by atoms with van der Waals surface area (Å²) in [4.78, 5) is 11.0. The Hall–Kier alpha value is -1.71. The second-order valence-corrected chi connectivity index (χ2v) is 8.40. The predicted molar refractivity (Wildman–Crippen MR) is 90.2 cm³/mol. The van der Waals surface area contributed by atoms with Crippen LogP contribution in [-0.4, -0.2) is 29.3 Å². The third-order valence-corrected chi connectivity index (χ3v) is 6.40. The summed E-state index contributed by atoms with van der Waals surface area (Å²) in [5.41, 5.74) is -0.195. The van der Waals surface area contributed by atoms with Gasteiger partial charge in [-0.05, 0) is 37.0 Å². The van der Waals surface area contributed by atoms with E-state index in [0.29, 0.717) is 12.8 Å². The SMILES string of the molecule is Cn1ncc(S(=O)(=O)NC2(c3ccc(Br)cc3)CCC2)c1C(=O)O. The first-order valence-electron chi connectivity index (χ1n) is 7.30. The number of aryl methyl sites for hydroxylation is 1. The van der Waals surface area contributed by atoms with Crippen molar-refractivity contribution < 1.29 is 18.3 Å². The van der Waals surface area contributed by atoms with Crippen molar-refractivity contribution in [3.8, 4) is 0 Å². The van der Waals surface area contributed by atoms with E-state index in [-0.39, 0.29) is 10.6 Å². The van der Waals surface area contributed by atoms with Crippen LogP contribution < -0.4 is 4.72 Å². The van der Waals surface area contributed by atoms with E-state index in [1.165, 1.54) is 7.05 Å². The van der Waals surface area contributed by atoms with Gasteiger partial charge in [0.05, 0.1) is 11.7 Å². The molecule has 3 rings (SSSR count). The molecule has 0 spiro atoms. The third kappa shape index (κ3) is 2.87. The van der Waals surface area contributed by atoms with Crippen LogP contribution in [0.2, 0.25) is 0 Å². The topological polar surface area (TPSA) is 101 Å². The van der Waals surface area contributed by atoms with Gasteiger partial charge in [-0.3, -0.25) is 4.68 Å². The number of nitrogens with zero attached hydrogens (tertiary/aromatic N) is 2. The van der Waals surface area contributed by atoms with E-state index in [9.17, 15) is 18.3 Å². The molecule has 7 nitrogen and oxygen atoms in total. The number of hydrogen-bond donors (Lipinski definition) is 2. The first kappa shape index (κ1) is 17.1. The maximum Gasteiger partial charge on any atom is 0.355 e. The minimum atomic E-state index is -4.02. The lowest BCUT2D eigenvalue weighted by Crippen LogP contribution is -2.50. The fourth-order valence-electron chi connectivity index (χ4n) is 2.92. The van der Waals surface area contributed by atoms with E-state index in [0.717, 1.165) is 27.3 Å². The number of benzene rings is 1. The molecule has 128 valence electrons. The molecule has 1 aromatic carbocycles. The normalized spacial score (nSPS) is 16.6. The van der Waals surface area contributed by atoms with Crippen molar-refractivity contribution in [3.63, 3.8) is 0 Å². The molecule has 0 radical (unpaired) electrons. The lowest BCUT2D eigenvalue weighted by atomic mass is 9.73. The van der Waals surface area contributed by atoms with Crippen molar-refractivity contribution in [2.45, 2.75) is 29.7 Å². The van der Waals surface area contributed by atoms with Crippen LogP contribution in [0.4, 0.5) is 0 Å². The Kier molecular flexibility index (Phi) is 4.27. The van der Waals surface area contributed by atoms with E-state index in [2.05, 4.69) is 25.8 Å². The van der Waals surface area contributed by atoms with Gasteiger partial charge in [-0.1, -0.05) is 28.1 Å². The maximum absolute atomic E-state index is 12.8. The Morgan fingerprint density at radius 3 is 2.46 bits per heavy atom. The Balaban J connectivity index is 1.99. The van der Waals surface area contributed by atoms with Crippen LogP contribution in [0, 0.1) is 0 Å². The number of carboxylic acid groups (broad SMARTS) is 1. The zero-order valence-corrected chi connectivity index (χ0v) is 15.3. The highest BCUT2D eigenvalue weighted by molar-refractivity contribution is 9.10. The summed E-state index contributed by atoms with van der Waals surface area (Å²) in [6, 6.07) is 7.45. The number of aromatic carboxylic acids is 1. The van der Waals surface area contributed by atoms with Crippen LogP contribution in [0.15, 0.2) is 39.8 Å². The standard InChI is InChI=1S/C15H16BrN3O4S/c1-19-13(14(20)21)12(9-17-19)24(22,23)18-15(7-2-8-15)10-3-5-11(16)6-4-10/h3-6,9,18H,2,7-8H2,1H3,(H,20,21). The number of rotatable bonds is 5. The lowest BCUT2D eigenvalue weighted by Gasteiger charge is -2.42. The molecule has 1 aliphatic rings. The van der Waals surface area contributed by atoms with Gasteiger partial charge in [0, 0.05) is 11.5 Å². The summed E-state index contributed by atoms with van der Waals surface area (Å²) < 4.78 is 30.2. The number of hydrogen-bond acceptors (Lipinski definition) is 4. The largest absolute Gasteiger partial charge is 0.476 e. The van der Waals surface area contributed by atoms with Crippen molar-refractivity contribution in [2.24, 2.45) is 7.05 Å². The number of halogens is 1. The monoisotopic (exact) mass is 413 g/mol. The molecule has 1 fully saturated rings. The summed E-state index contributed by atoms with van der Waals surface area (Å²) in [5, 5.41) is 13.0. The van der Waals surface area contributed by atoms with Gasteiger partial charge in [-0.2, -0.15) is 5.10 Å². The van der Waals surface area contributed by atoms with Gasteiger partial charge in [0.25, 0.3) is 0 Å². The van der Waals surface area contributed by atoms with Crippen molar-refractivity contribution in [3.05, 3.63) is 46.2 Å². The summed E-state index contributed by atoms with van der Waals surface area (Å²) in [7, 11) is -2.62. The molecule has 0 unspecified atom stereocenters. The smallest absolute Gasteiger partial charge is 0.355 e.